The molecule has 0 fully saturated rings. The number of urea groups is 1. The first-order chi connectivity index (χ1) is 8.72. The Labute approximate surface area is 114 Å². The van der Waals surface area contributed by atoms with Gasteiger partial charge in [0.05, 0.1) is 4.90 Å². The lowest BCUT2D eigenvalue weighted by Crippen LogP contribution is -2.46. The molecule has 0 aliphatic carbocycles. The van der Waals surface area contributed by atoms with Gasteiger partial charge in [0.25, 0.3) is 10.0 Å². The number of carboxylic acid groups (broad SMARTS) is 1. The van der Waals surface area contributed by atoms with E-state index >= 15 is 0 Å². The first-order valence-electron chi connectivity index (χ1n) is 5.04. The van der Waals surface area contributed by atoms with Crippen molar-refractivity contribution in [1.29, 1.82) is 0 Å². The number of carbonyl (C=O) groups excluding carboxylic acids is 1. The Balaban J connectivity index is 2.77. The lowest BCUT2D eigenvalue weighted by Gasteiger charge is -2.11. The molecule has 9 heteroatoms. The van der Waals surface area contributed by atoms with Gasteiger partial charge in [0.15, 0.2) is 0 Å². The molecule has 0 spiro atoms. The van der Waals surface area contributed by atoms with Crippen LogP contribution in [0.2, 0.25) is 5.02 Å². The van der Waals surface area contributed by atoms with Crippen molar-refractivity contribution >= 4 is 33.6 Å². The molecule has 0 saturated carbocycles. The molecule has 0 aliphatic rings. The molecule has 0 bridgehead atoms. The van der Waals surface area contributed by atoms with Crippen LogP contribution in [-0.4, -0.2) is 31.6 Å². The normalized spacial score (nSPS) is 12.5. The zero-order valence-electron chi connectivity index (χ0n) is 9.75. The minimum Gasteiger partial charge on any atom is -0.480 e. The van der Waals surface area contributed by atoms with E-state index in [1.165, 1.54) is 31.2 Å². The smallest absolute Gasteiger partial charge is 0.329 e. The molecule has 0 saturated heterocycles. The van der Waals surface area contributed by atoms with Gasteiger partial charge in [-0.15, -0.1) is 0 Å². The minimum absolute atomic E-state index is 0.157. The molecule has 7 nitrogen and oxygen atoms in total. The number of carbonyl (C=O) groups is 2. The SMILES string of the molecule is C[C@H](NC(=O)NS(=O)(=O)c1ccc(Cl)cc1)C(=O)O. The zero-order chi connectivity index (χ0) is 14.6. The number of aliphatic carboxylic acids is 1. The van der Waals surface area contributed by atoms with Crippen molar-refractivity contribution in [1.82, 2.24) is 10.0 Å². The summed E-state index contributed by atoms with van der Waals surface area (Å²) in [6.07, 6.45) is 0. The van der Waals surface area contributed by atoms with E-state index < -0.39 is 28.1 Å². The standard InChI is InChI=1S/C10H11ClN2O5S/c1-6(9(14)15)12-10(16)13-19(17,18)8-4-2-7(11)3-5-8/h2-6H,1H3,(H,14,15)(H2,12,13,16)/t6-/m0/s1. The van der Waals surface area contributed by atoms with Gasteiger partial charge in [-0.2, -0.15) is 0 Å². The largest absolute Gasteiger partial charge is 0.480 e. The van der Waals surface area contributed by atoms with Gasteiger partial charge in [0.2, 0.25) is 0 Å². The van der Waals surface area contributed by atoms with Crippen LogP contribution >= 0.6 is 11.6 Å². The third kappa shape index (κ3) is 4.42. The minimum atomic E-state index is -4.06. The lowest BCUT2D eigenvalue weighted by molar-refractivity contribution is -0.138. The van der Waals surface area contributed by atoms with E-state index in [4.69, 9.17) is 16.7 Å². The number of rotatable bonds is 4. The number of halogens is 1. The van der Waals surface area contributed by atoms with Gasteiger partial charge in [0, 0.05) is 5.02 Å². The van der Waals surface area contributed by atoms with Gasteiger partial charge < -0.3 is 10.4 Å². The fourth-order valence-electron chi connectivity index (χ4n) is 1.08. The number of hydrogen-bond acceptors (Lipinski definition) is 4. The predicted octanol–water partition coefficient (Wildman–Crippen LogP) is 0.801. The van der Waals surface area contributed by atoms with Gasteiger partial charge in [-0.3, -0.25) is 4.79 Å². The summed E-state index contributed by atoms with van der Waals surface area (Å²) < 4.78 is 25.2. The Bertz CT molecular complexity index is 584. The van der Waals surface area contributed by atoms with E-state index in [0.29, 0.717) is 5.02 Å². The number of nitrogens with one attached hydrogen (secondary N) is 2. The zero-order valence-corrected chi connectivity index (χ0v) is 11.3. The average molecular weight is 307 g/mol. The average Bonchev–Trinajstić information content (AvgIpc) is 2.28. The fraction of sp³-hybridized carbons (Fsp3) is 0.200. The van der Waals surface area contributed by atoms with Crippen molar-refractivity contribution in [2.24, 2.45) is 0 Å². The topological polar surface area (TPSA) is 113 Å². The number of benzene rings is 1. The van der Waals surface area contributed by atoms with Crippen LogP contribution in [-0.2, 0) is 14.8 Å². The summed E-state index contributed by atoms with van der Waals surface area (Å²) >= 11 is 5.61. The molecule has 0 radical (unpaired) electrons. The second-order valence-electron chi connectivity index (χ2n) is 3.59. The second kappa shape index (κ2) is 5.89. The van der Waals surface area contributed by atoms with E-state index in [2.05, 4.69) is 0 Å². The van der Waals surface area contributed by atoms with E-state index in [1.54, 1.807) is 4.72 Å². The molecule has 0 heterocycles. The molecule has 104 valence electrons. The molecule has 3 N–H and O–H groups in total. The van der Waals surface area contributed by atoms with Crippen LogP contribution in [0, 0.1) is 0 Å². The molecule has 1 rings (SSSR count). The fourth-order valence-corrected chi connectivity index (χ4v) is 2.12. The van der Waals surface area contributed by atoms with E-state index in [9.17, 15) is 18.0 Å². The monoisotopic (exact) mass is 306 g/mol. The maximum Gasteiger partial charge on any atom is 0.329 e. The molecule has 0 unspecified atom stereocenters. The van der Waals surface area contributed by atoms with Crippen LogP contribution in [0.25, 0.3) is 0 Å². The van der Waals surface area contributed by atoms with Crippen molar-refractivity contribution in [3.8, 4) is 0 Å². The quantitative estimate of drug-likeness (QED) is 0.761. The van der Waals surface area contributed by atoms with Gasteiger partial charge in [-0.25, -0.2) is 17.9 Å². The van der Waals surface area contributed by atoms with Crippen molar-refractivity contribution in [3.63, 3.8) is 0 Å². The second-order valence-corrected chi connectivity index (χ2v) is 5.71. The Morgan fingerprint density at radius 2 is 1.79 bits per heavy atom. The van der Waals surface area contributed by atoms with Gasteiger partial charge in [-0.1, -0.05) is 11.6 Å². The van der Waals surface area contributed by atoms with Crippen molar-refractivity contribution in [3.05, 3.63) is 29.3 Å². The lowest BCUT2D eigenvalue weighted by atomic mass is 10.3. The highest BCUT2D eigenvalue weighted by Crippen LogP contribution is 2.13. The summed E-state index contributed by atoms with van der Waals surface area (Å²) in [4.78, 5) is 21.7. The Hall–Kier alpha value is -1.80. The summed E-state index contributed by atoms with van der Waals surface area (Å²) in [5.41, 5.74) is 0. The number of carboxylic acids is 1. The first-order valence-corrected chi connectivity index (χ1v) is 6.90. The van der Waals surface area contributed by atoms with Gasteiger partial charge in [0.1, 0.15) is 6.04 Å². The van der Waals surface area contributed by atoms with Crippen LogP contribution in [0.4, 0.5) is 4.79 Å². The summed E-state index contributed by atoms with van der Waals surface area (Å²) in [7, 11) is -4.06. The van der Waals surface area contributed by atoms with Crippen LogP contribution in [0.5, 0.6) is 0 Å². The number of hydrogen-bond donors (Lipinski definition) is 3. The van der Waals surface area contributed by atoms with Crippen molar-refractivity contribution in [2.75, 3.05) is 0 Å². The van der Waals surface area contributed by atoms with Crippen molar-refractivity contribution < 1.29 is 23.1 Å². The summed E-state index contributed by atoms with van der Waals surface area (Å²) in [5.74, 6) is -1.28. The summed E-state index contributed by atoms with van der Waals surface area (Å²) in [5, 5.41) is 10.9. The third-order valence-electron chi connectivity index (χ3n) is 2.07. The summed E-state index contributed by atoms with van der Waals surface area (Å²) in [6.45, 7) is 1.21. The first kappa shape index (κ1) is 15.3. The summed E-state index contributed by atoms with van der Waals surface area (Å²) in [6, 6.07) is 2.82. The molecule has 0 aromatic heterocycles. The highest BCUT2D eigenvalue weighted by Gasteiger charge is 2.20. The molecular formula is C10H11ClN2O5S. The van der Waals surface area contributed by atoms with Crippen LogP contribution in [0.15, 0.2) is 29.2 Å². The van der Waals surface area contributed by atoms with E-state index in [-0.39, 0.29) is 4.90 Å². The molecule has 1 aromatic rings. The molecule has 1 atom stereocenters. The van der Waals surface area contributed by atoms with Gasteiger partial charge in [-0.05, 0) is 31.2 Å². The van der Waals surface area contributed by atoms with Crippen molar-refractivity contribution in [2.45, 2.75) is 17.9 Å². The third-order valence-corrected chi connectivity index (χ3v) is 3.67. The highest BCUT2D eigenvalue weighted by molar-refractivity contribution is 7.90. The molecular weight excluding hydrogens is 296 g/mol. The Morgan fingerprint density at radius 1 is 1.26 bits per heavy atom. The maximum absolute atomic E-state index is 11.7. The number of sulfonamides is 1. The molecule has 19 heavy (non-hydrogen) atoms. The molecule has 1 aromatic carbocycles. The van der Waals surface area contributed by atoms with Gasteiger partial charge >= 0.3 is 12.0 Å². The van der Waals surface area contributed by atoms with Crippen LogP contribution in [0.3, 0.4) is 0 Å². The molecule has 0 aliphatic heterocycles. The van der Waals surface area contributed by atoms with Crippen LogP contribution < -0.4 is 10.0 Å². The Kier molecular flexibility index (Phi) is 4.73. The van der Waals surface area contributed by atoms with Crippen LogP contribution in [0.1, 0.15) is 6.92 Å². The molecule has 2 amide bonds. The van der Waals surface area contributed by atoms with E-state index in [1.807, 2.05) is 5.32 Å². The highest BCUT2D eigenvalue weighted by atomic mass is 35.5. The van der Waals surface area contributed by atoms with E-state index in [0.717, 1.165) is 0 Å². The number of amides is 2. The predicted molar refractivity (Wildman–Crippen MR) is 67.4 cm³/mol. The maximum atomic E-state index is 11.7. The Morgan fingerprint density at radius 3 is 2.26 bits per heavy atom.